The molecule has 0 aliphatic carbocycles. The summed E-state index contributed by atoms with van der Waals surface area (Å²) in [4.78, 5) is 25.6. The Balaban J connectivity index is 1.68. The van der Waals surface area contributed by atoms with Gasteiger partial charge in [-0.1, -0.05) is 30.3 Å². The number of ether oxygens (including phenoxy) is 3. The molecule has 1 unspecified atom stereocenters. The average Bonchev–Trinajstić information content (AvgIpc) is 3.24. The molecule has 29 heavy (non-hydrogen) atoms. The number of carbonyl (C=O) groups is 2. The number of nitrogens with one attached hydrogen (secondary N) is 1. The molecule has 0 aliphatic rings. The molecule has 150 valence electrons. The first-order valence-corrected chi connectivity index (χ1v) is 9.78. The lowest BCUT2D eigenvalue weighted by molar-refractivity contribution is -0.123. The Labute approximate surface area is 173 Å². The quantitative estimate of drug-likeness (QED) is 0.575. The molecule has 6 nitrogen and oxygen atoms in total. The van der Waals surface area contributed by atoms with E-state index in [4.69, 9.17) is 14.2 Å². The number of hydrogen-bond donors (Lipinski definition) is 1. The van der Waals surface area contributed by atoms with Crippen molar-refractivity contribution in [2.75, 3.05) is 19.5 Å². The minimum Gasteiger partial charge on any atom is -0.493 e. The molecule has 1 atom stereocenters. The van der Waals surface area contributed by atoms with Gasteiger partial charge in [-0.3, -0.25) is 4.79 Å². The molecular weight excluding hydrogens is 390 g/mol. The van der Waals surface area contributed by atoms with Crippen LogP contribution in [0.2, 0.25) is 0 Å². The van der Waals surface area contributed by atoms with Crippen LogP contribution in [0.3, 0.4) is 0 Å². The fourth-order valence-corrected chi connectivity index (χ4v) is 3.54. The molecule has 0 spiro atoms. The largest absolute Gasteiger partial charge is 0.493 e. The summed E-state index contributed by atoms with van der Waals surface area (Å²) < 4.78 is 15.8. The van der Waals surface area contributed by atoms with Gasteiger partial charge in [-0.15, -0.1) is 11.3 Å². The maximum atomic E-state index is 12.6. The highest BCUT2D eigenvalue weighted by Crippen LogP contribution is 2.31. The molecule has 1 N–H and O–H groups in total. The van der Waals surface area contributed by atoms with Crippen molar-refractivity contribution >= 4 is 28.9 Å². The molecule has 0 saturated heterocycles. The zero-order valence-corrected chi connectivity index (χ0v) is 17.1. The maximum absolute atomic E-state index is 12.6. The van der Waals surface area contributed by atoms with Gasteiger partial charge in [0, 0.05) is 17.3 Å². The highest BCUT2D eigenvalue weighted by molar-refractivity contribution is 7.12. The van der Waals surface area contributed by atoms with Crippen molar-refractivity contribution in [1.82, 2.24) is 0 Å². The first-order chi connectivity index (χ1) is 14.0. The number of rotatable bonds is 7. The zero-order valence-electron chi connectivity index (χ0n) is 16.3. The Morgan fingerprint density at radius 1 is 0.966 bits per heavy atom. The molecule has 0 bridgehead atoms. The van der Waals surface area contributed by atoms with E-state index >= 15 is 0 Å². The van der Waals surface area contributed by atoms with Crippen LogP contribution in [0.5, 0.6) is 11.5 Å². The lowest BCUT2D eigenvalue weighted by Crippen LogP contribution is -2.29. The van der Waals surface area contributed by atoms with E-state index in [9.17, 15) is 9.59 Å². The highest BCUT2D eigenvalue weighted by atomic mass is 32.1. The van der Waals surface area contributed by atoms with Crippen molar-refractivity contribution in [1.29, 1.82) is 0 Å². The minimum atomic E-state index is -0.971. The third-order valence-electron chi connectivity index (χ3n) is 4.24. The van der Waals surface area contributed by atoms with Crippen molar-refractivity contribution in [2.45, 2.75) is 13.0 Å². The van der Waals surface area contributed by atoms with Gasteiger partial charge in [0.1, 0.15) is 4.88 Å². The summed E-state index contributed by atoms with van der Waals surface area (Å²) in [5.41, 5.74) is 2.22. The molecule has 0 radical (unpaired) electrons. The molecule has 1 amide bonds. The molecule has 1 aromatic heterocycles. The van der Waals surface area contributed by atoms with Crippen LogP contribution in [0.25, 0.3) is 11.1 Å². The van der Waals surface area contributed by atoms with E-state index in [1.54, 1.807) is 18.2 Å². The summed E-state index contributed by atoms with van der Waals surface area (Å²) in [6, 6.07) is 16.4. The zero-order chi connectivity index (χ0) is 20.8. The number of esters is 1. The lowest BCUT2D eigenvalue weighted by atomic mass is 10.1. The summed E-state index contributed by atoms with van der Waals surface area (Å²) in [6.07, 6.45) is -0.971. The van der Waals surface area contributed by atoms with Gasteiger partial charge in [0.2, 0.25) is 0 Å². The van der Waals surface area contributed by atoms with Gasteiger partial charge >= 0.3 is 5.97 Å². The predicted molar refractivity (Wildman–Crippen MR) is 113 cm³/mol. The molecule has 3 rings (SSSR count). The minimum absolute atomic E-state index is 0.441. The topological polar surface area (TPSA) is 73.9 Å². The first kappa shape index (κ1) is 20.4. The second-order valence-electron chi connectivity index (χ2n) is 6.14. The van der Waals surface area contributed by atoms with Gasteiger partial charge in [-0.25, -0.2) is 4.79 Å². The summed E-state index contributed by atoms with van der Waals surface area (Å²) in [5, 5.41) is 4.54. The van der Waals surface area contributed by atoms with Gasteiger partial charge in [0.15, 0.2) is 17.6 Å². The standard InChI is InChI=1S/C22H21NO5S/c1-14(21(24)23-16-9-10-18(26-2)19(13-16)27-3)28-22(25)20-17(11-12-29-20)15-7-5-4-6-8-15/h4-14H,1-3H3,(H,23,24). The Kier molecular flexibility index (Phi) is 6.51. The van der Waals surface area contributed by atoms with Crippen molar-refractivity contribution in [3.05, 3.63) is 64.9 Å². The number of anilines is 1. The van der Waals surface area contributed by atoms with Crippen LogP contribution in [0.1, 0.15) is 16.6 Å². The smallest absolute Gasteiger partial charge is 0.349 e. The Morgan fingerprint density at radius 2 is 1.69 bits per heavy atom. The second kappa shape index (κ2) is 9.25. The SMILES string of the molecule is COc1ccc(NC(=O)C(C)OC(=O)c2sccc2-c2ccccc2)cc1OC. The van der Waals surface area contributed by atoms with Crippen molar-refractivity contribution in [3.63, 3.8) is 0 Å². The number of methoxy groups -OCH3 is 2. The van der Waals surface area contributed by atoms with Crippen molar-refractivity contribution in [2.24, 2.45) is 0 Å². The fourth-order valence-electron chi connectivity index (χ4n) is 2.74. The Hall–Kier alpha value is -3.32. The van der Waals surface area contributed by atoms with Crippen molar-refractivity contribution in [3.8, 4) is 22.6 Å². The number of hydrogen-bond acceptors (Lipinski definition) is 6. The number of thiophene rings is 1. The molecule has 0 saturated carbocycles. The van der Waals surface area contributed by atoms with Crippen LogP contribution in [-0.4, -0.2) is 32.2 Å². The van der Waals surface area contributed by atoms with Gasteiger partial charge in [-0.05, 0) is 36.1 Å². The molecule has 0 aliphatic heterocycles. The van der Waals surface area contributed by atoms with Crippen LogP contribution in [0.4, 0.5) is 5.69 Å². The van der Waals surface area contributed by atoms with E-state index in [1.807, 2.05) is 41.8 Å². The van der Waals surface area contributed by atoms with Crippen molar-refractivity contribution < 1.29 is 23.8 Å². The molecular formula is C22H21NO5S. The Bertz CT molecular complexity index is 999. The third kappa shape index (κ3) is 4.75. The normalized spacial score (nSPS) is 11.4. The molecule has 2 aromatic carbocycles. The van der Waals surface area contributed by atoms with Gasteiger partial charge in [0.25, 0.3) is 5.91 Å². The highest BCUT2D eigenvalue weighted by Gasteiger charge is 2.22. The summed E-state index contributed by atoms with van der Waals surface area (Å²) in [7, 11) is 3.05. The summed E-state index contributed by atoms with van der Waals surface area (Å²) in [5.74, 6) is 0.0642. The van der Waals surface area contributed by atoms with E-state index < -0.39 is 18.0 Å². The van der Waals surface area contributed by atoms with Crippen LogP contribution < -0.4 is 14.8 Å². The predicted octanol–water partition coefficient (Wildman–Crippen LogP) is 4.62. The van der Waals surface area contributed by atoms with Gasteiger partial charge in [-0.2, -0.15) is 0 Å². The van der Waals surface area contributed by atoms with E-state index in [1.165, 1.54) is 32.5 Å². The van der Waals surface area contributed by atoms with Crippen LogP contribution in [-0.2, 0) is 9.53 Å². The lowest BCUT2D eigenvalue weighted by Gasteiger charge is -2.15. The fraction of sp³-hybridized carbons (Fsp3) is 0.182. The van der Waals surface area contributed by atoms with E-state index in [-0.39, 0.29) is 0 Å². The molecule has 0 fully saturated rings. The maximum Gasteiger partial charge on any atom is 0.349 e. The first-order valence-electron chi connectivity index (χ1n) is 8.90. The summed E-state index contributed by atoms with van der Waals surface area (Å²) >= 11 is 1.28. The third-order valence-corrected chi connectivity index (χ3v) is 5.13. The van der Waals surface area contributed by atoms with Gasteiger partial charge < -0.3 is 19.5 Å². The van der Waals surface area contributed by atoms with E-state index in [0.717, 1.165) is 11.1 Å². The van der Waals surface area contributed by atoms with Crippen LogP contribution in [0.15, 0.2) is 60.0 Å². The van der Waals surface area contributed by atoms with Gasteiger partial charge in [0.05, 0.1) is 14.2 Å². The summed E-state index contributed by atoms with van der Waals surface area (Å²) in [6.45, 7) is 1.53. The number of benzene rings is 2. The molecule has 3 aromatic rings. The molecule has 7 heteroatoms. The van der Waals surface area contributed by atoms with E-state index in [2.05, 4.69) is 5.32 Å². The number of amides is 1. The Morgan fingerprint density at radius 3 is 2.38 bits per heavy atom. The monoisotopic (exact) mass is 411 g/mol. The van der Waals surface area contributed by atoms with E-state index in [0.29, 0.717) is 22.1 Å². The second-order valence-corrected chi connectivity index (χ2v) is 7.05. The average molecular weight is 411 g/mol. The van der Waals surface area contributed by atoms with Crippen LogP contribution >= 0.6 is 11.3 Å². The molecule has 1 heterocycles. The van der Waals surface area contributed by atoms with Crippen LogP contribution in [0, 0.1) is 0 Å². The number of carbonyl (C=O) groups excluding carboxylic acids is 2.